The molecule has 2 aromatic rings. The van der Waals surface area contributed by atoms with Gasteiger partial charge >= 0.3 is 5.97 Å². The van der Waals surface area contributed by atoms with Crippen LogP contribution in [-0.4, -0.2) is 35.8 Å². The summed E-state index contributed by atoms with van der Waals surface area (Å²) in [5.41, 5.74) is 1.76. The van der Waals surface area contributed by atoms with Crippen LogP contribution < -0.4 is 4.90 Å². The molecule has 0 aliphatic carbocycles. The van der Waals surface area contributed by atoms with Gasteiger partial charge in [0.2, 0.25) is 5.91 Å². The molecule has 7 heteroatoms. The van der Waals surface area contributed by atoms with E-state index in [1.807, 2.05) is 36.4 Å². The molecule has 1 aromatic heterocycles. The second-order valence-electron chi connectivity index (χ2n) is 5.80. The van der Waals surface area contributed by atoms with Gasteiger partial charge in [-0.1, -0.05) is 30.0 Å². The number of rotatable bonds is 6. The summed E-state index contributed by atoms with van der Waals surface area (Å²) in [5, 5.41) is 9.40. The molecule has 0 N–H and O–H groups in total. The Balaban J connectivity index is 2.23. The zero-order valence-electron chi connectivity index (χ0n) is 15.7. The highest BCUT2D eigenvalue weighted by Crippen LogP contribution is 2.28. The van der Waals surface area contributed by atoms with E-state index in [1.165, 1.54) is 17.8 Å². The second kappa shape index (κ2) is 9.19. The van der Waals surface area contributed by atoms with E-state index in [0.717, 1.165) is 5.69 Å². The lowest BCUT2D eigenvalue weighted by Crippen LogP contribution is -2.33. The third-order valence-electron chi connectivity index (χ3n) is 3.90. The molecule has 0 saturated heterocycles. The SMILES string of the molecule is CCOC(=O)c1cc(C#N)c(S[C@H](C)C(=O)N(C)c2ccccc2)nc1C. The molecule has 0 spiro atoms. The van der Waals surface area contributed by atoms with Crippen LogP contribution in [0, 0.1) is 18.3 Å². The second-order valence-corrected chi connectivity index (χ2v) is 7.13. The van der Waals surface area contributed by atoms with Crippen molar-refractivity contribution in [3.63, 3.8) is 0 Å². The number of aromatic nitrogens is 1. The summed E-state index contributed by atoms with van der Waals surface area (Å²) in [6.45, 7) is 5.41. The van der Waals surface area contributed by atoms with Gasteiger partial charge in [-0.05, 0) is 39.0 Å². The van der Waals surface area contributed by atoms with Crippen molar-refractivity contribution in [1.82, 2.24) is 4.98 Å². The maximum Gasteiger partial charge on any atom is 0.340 e. The van der Waals surface area contributed by atoms with Crippen molar-refractivity contribution in [2.24, 2.45) is 0 Å². The minimum Gasteiger partial charge on any atom is -0.462 e. The van der Waals surface area contributed by atoms with Crippen LogP contribution in [0.2, 0.25) is 0 Å². The third-order valence-corrected chi connectivity index (χ3v) is 4.99. The van der Waals surface area contributed by atoms with Gasteiger partial charge in [-0.25, -0.2) is 9.78 Å². The van der Waals surface area contributed by atoms with Gasteiger partial charge in [0.15, 0.2) is 0 Å². The molecule has 140 valence electrons. The van der Waals surface area contributed by atoms with Crippen LogP contribution in [0.5, 0.6) is 0 Å². The fourth-order valence-electron chi connectivity index (χ4n) is 2.44. The van der Waals surface area contributed by atoms with Crippen molar-refractivity contribution in [2.45, 2.75) is 31.0 Å². The minimum absolute atomic E-state index is 0.107. The monoisotopic (exact) mass is 383 g/mol. The van der Waals surface area contributed by atoms with Crippen molar-refractivity contribution >= 4 is 29.3 Å². The summed E-state index contributed by atoms with van der Waals surface area (Å²) >= 11 is 1.20. The molecule has 1 heterocycles. The number of hydrogen-bond acceptors (Lipinski definition) is 6. The number of nitriles is 1. The molecule has 0 fully saturated rings. The largest absolute Gasteiger partial charge is 0.462 e. The number of amides is 1. The molecule has 0 saturated carbocycles. The number of pyridine rings is 1. The topological polar surface area (TPSA) is 83.3 Å². The number of hydrogen-bond donors (Lipinski definition) is 0. The number of carbonyl (C=O) groups excluding carboxylic acids is 2. The van der Waals surface area contributed by atoms with Gasteiger partial charge in [0.1, 0.15) is 11.1 Å². The first kappa shape index (κ1) is 20.5. The number of para-hydroxylation sites is 1. The predicted octanol–water partition coefficient (Wildman–Crippen LogP) is 3.58. The van der Waals surface area contributed by atoms with Gasteiger partial charge < -0.3 is 9.64 Å². The Morgan fingerprint density at radius 1 is 1.33 bits per heavy atom. The lowest BCUT2D eigenvalue weighted by Gasteiger charge is -2.21. The number of esters is 1. The normalized spacial score (nSPS) is 11.4. The molecule has 0 aliphatic heterocycles. The standard InChI is InChI=1S/C20H21N3O3S/c1-5-26-20(25)17-11-15(12-21)18(22-13(17)2)27-14(3)19(24)23(4)16-9-7-6-8-10-16/h6-11,14H,5H2,1-4H3/t14-/m1/s1. The van der Waals surface area contributed by atoms with Gasteiger partial charge in [0, 0.05) is 12.7 Å². The highest BCUT2D eigenvalue weighted by Gasteiger charge is 2.23. The van der Waals surface area contributed by atoms with Crippen LogP contribution in [0.15, 0.2) is 41.4 Å². The summed E-state index contributed by atoms with van der Waals surface area (Å²) in [5.74, 6) is -0.618. The van der Waals surface area contributed by atoms with E-state index < -0.39 is 11.2 Å². The smallest absolute Gasteiger partial charge is 0.340 e. The fourth-order valence-corrected chi connectivity index (χ4v) is 3.45. The van der Waals surface area contributed by atoms with Crippen molar-refractivity contribution in [1.29, 1.82) is 5.26 Å². The van der Waals surface area contributed by atoms with Crippen LogP contribution in [0.4, 0.5) is 5.69 Å². The number of carbonyl (C=O) groups is 2. The van der Waals surface area contributed by atoms with Crippen LogP contribution in [-0.2, 0) is 9.53 Å². The Kier molecular flexibility index (Phi) is 6.97. The molecule has 1 atom stereocenters. The first-order valence-corrected chi connectivity index (χ1v) is 9.35. The lowest BCUT2D eigenvalue weighted by atomic mass is 10.1. The van der Waals surface area contributed by atoms with Crippen LogP contribution in [0.25, 0.3) is 0 Å². The Morgan fingerprint density at radius 3 is 2.59 bits per heavy atom. The molecule has 0 bridgehead atoms. The van der Waals surface area contributed by atoms with Crippen molar-refractivity contribution in [3.05, 3.63) is 53.2 Å². The third kappa shape index (κ3) is 4.86. The predicted molar refractivity (Wildman–Crippen MR) is 105 cm³/mol. The molecule has 27 heavy (non-hydrogen) atoms. The van der Waals surface area contributed by atoms with E-state index in [2.05, 4.69) is 4.98 Å². The van der Waals surface area contributed by atoms with Crippen LogP contribution in [0.3, 0.4) is 0 Å². The van der Waals surface area contributed by atoms with Crippen molar-refractivity contribution in [2.75, 3.05) is 18.6 Å². The van der Waals surface area contributed by atoms with Crippen molar-refractivity contribution < 1.29 is 14.3 Å². The van der Waals surface area contributed by atoms with E-state index >= 15 is 0 Å². The molecular weight excluding hydrogens is 362 g/mol. The van der Waals surface area contributed by atoms with Crippen LogP contribution >= 0.6 is 11.8 Å². The maximum atomic E-state index is 12.7. The summed E-state index contributed by atoms with van der Waals surface area (Å²) in [4.78, 5) is 30.6. The number of aryl methyl sites for hydroxylation is 1. The number of thioether (sulfide) groups is 1. The highest BCUT2D eigenvalue weighted by molar-refractivity contribution is 8.00. The summed E-state index contributed by atoms with van der Waals surface area (Å²) < 4.78 is 4.99. The number of benzene rings is 1. The molecule has 0 radical (unpaired) electrons. The average Bonchev–Trinajstić information content (AvgIpc) is 2.67. The Morgan fingerprint density at radius 2 is 2.00 bits per heavy atom. The molecule has 1 aromatic carbocycles. The Labute approximate surface area is 163 Å². The Hall–Kier alpha value is -2.85. The number of anilines is 1. The van der Waals surface area contributed by atoms with Gasteiger partial charge in [-0.15, -0.1) is 0 Å². The van der Waals surface area contributed by atoms with Gasteiger partial charge in [0.25, 0.3) is 0 Å². The van der Waals surface area contributed by atoms with E-state index in [-0.39, 0.29) is 23.6 Å². The number of ether oxygens (including phenoxy) is 1. The molecular formula is C20H21N3O3S. The lowest BCUT2D eigenvalue weighted by molar-refractivity contribution is -0.117. The zero-order chi connectivity index (χ0) is 20.0. The van der Waals surface area contributed by atoms with E-state index in [0.29, 0.717) is 10.7 Å². The molecule has 6 nitrogen and oxygen atoms in total. The van der Waals surface area contributed by atoms with E-state index in [4.69, 9.17) is 4.74 Å². The van der Waals surface area contributed by atoms with Gasteiger partial charge in [0.05, 0.1) is 28.7 Å². The average molecular weight is 383 g/mol. The summed E-state index contributed by atoms with van der Waals surface area (Å²) in [6, 6.07) is 12.8. The molecule has 1 amide bonds. The Bertz CT molecular complexity index is 878. The fraction of sp³-hybridized carbons (Fsp3) is 0.300. The van der Waals surface area contributed by atoms with E-state index in [1.54, 1.807) is 32.7 Å². The van der Waals surface area contributed by atoms with Gasteiger partial charge in [-0.3, -0.25) is 4.79 Å². The number of nitrogens with zero attached hydrogens (tertiary/aromatic N) is 3. The first-order valence-electron chi connectivity index (χ1n) is 8.47. The highest BCUT2D eigenvalue weighted by atomic mass is 32.2. The minimum atomic E-state index is -0.511. The summed E-state index contributed by atoms with van der Waals surface area (Å²) in [6.07, 6.45) is 0. The van der Waals surface area contributed by atoms with Crippen molar-refractivity contribution in [3.8, 4) is 6.07 Å². The molecule has 0 unspecified atom stereocenters. The molecule has 2 rings (SSSR count). The summed E-state index contributed by atoms with van der Waals surface area (Å²) in [7, 11) is 1.71. The quantitative estimate of drug-likeness (QED) is 0.560. The zero-order valence-corrected chi connectivity index (χ0v) is 16.5. The van der Waals surface area contributed by atoms with E-state index in [9.17, 15) is 14.9 Å². The van der Waals surface area contributed by atoms with Gasteiger partial charge in [-0.2, -0.15) is 5.26 Å². The molecule has 0 aliphatic rings. The first-order chi connectivity index (χ1) is 12.9. The van der Waals surface area contributed by atoms with Crippen LogP contribution in [0.1, 0.15) is 35.5 Å². The maximum absolute atomic E-state index is 12.7.